The minimum atomic E-state index is 0.733. The Morgan fingerprint density at radius 1 is 1.00 bits per heavy atom. The number of benzene rings is 2. The van der Waals surface area contributed by atoms with Gasteiger partial charge in [-0.3, -0.25) is 0 Å². The Hall–Kier alpha value is -2.20. The minimum Gasteiger partial charge on any atom is -0.195 e. The quantitative estimate of drug-likeness (QED) is 0.333. The van der Waals surface area contributed by atoms with Gasteiger partial charge in [0.1, 0.15) is 0 Å². The van der Waals surface area contributed by atoms with Gasteiger partial charge in [0.25, 0.3) is 0 Å². The van der Waals surface area contributed by atoms with Gasteiger partial charge in [-0.2, -0.15) is 4.99 Å². The maximum Gasteiger partial charge on any atom is 0.0743 e. The molecule has 0 heterocycles. The van der Waals surface area contributed by atoms with Gasteiger partial charge in [0, 0.05) is 11.1 Å². The Morgan fingerprint density at radius 2 is 1.73 bits per heavy atom. The van der Waals surface area contributed by atoms with Gasteiger partial charge in [0.15, 0.2) is 0 Å². The molecule has 1 aliphatic carbocycles. The lowest BCUT2D eigenvalue weighted by Gasteiger charge is -2.28. The summed E-state index contributed by atoms with van der Waals surface area (Å²) in [5.41, 5.74) is 5.49. The van der Waals surface area contributed by atoms with Gasteiger partial charge in [-0.25, -0.2) is 0 Å². The average Bonchev–Trinajstić information content (AvgIpc) is 2.68. The zero-order valence-corrected chi connectivity index (χ0v) is 16.4. The molecule has 0 bridgehead atoms. The summed E-state index contributed by atoms with van der Waals surface area (Å²) < 4.78 is 0. The molecule has 2 aromatic rings. The molecule has 1 aliphatic rings. The summed E-state index contributed by atoms with van der Waals surface area (Å²) in [5, 5.41) is 2.40. The van der Waals surface area contributed by atoms with Crippen molar-refractivity contribution in [3.8, 4) is 11.8 Å². The first kappa shape index (κ1) is 18.6. The van der Waals surface area contributed by atoms with E-state index in [2.05, 4.69) is 65.4 Å². The second kappa shape index (κ2) is 8.95. The summed E-state index contributed by atoms with van der Waals surface area (Å²) in [4.78, 5) is 4.01. The molecule has 0 amide bonds. The fraction of sp³-hybridized carbons (Fsp3) is 0.375. The van der Waals surface area contributed by atoms with Crippen molar-refractivity contribution in [2.75, 3.05) is 0 Å². The number of nitrogens with zero attached hydrogens (tertiary/aromatic N) is 1. The zero-order valence-electron chi connectivity index (χ0n) is 15.6. The molecule has 0 unspecified atom stereocenters. The molecule has 0 aliphatic heterocycles. The average molecular weight is 360 g/mol. The van der Waals surface area contributed by atoms with Crippen LogP contribution < -0.4 is 0 Å². The van der Waals surface area contributed by atoms with Crippen molar-refractivity contribution in [1.82, 2.24) is 0 Å². The van der Waals surface area contributed by atoms with Crippen LogP contribution in [0.25, 0.3) is 0 Å². The van der Waals surface area contributed by atoms with E-state index in [1.54, 1.807) is 0 Å². The number of aliphatic imine (C=N–C) groups is 1. The fourth-order valence-electron chi connectivity index (χ4n) is 3.79. The molecule has 1 fully saturated rings. The highest BCUT2D eigenvalue weighted by Gasteiger charge is 2.20. The van der Waals surface area contributed by atoms with Crippen LogP contribution in [-0.4, -0.2) is 5.16 Å². The lowest BCUT2D eigenvalue weighted by atomic mass is 9.78. The molecule has 3 rings (SSSR count). The van der Waals surface area contributed by atoms with E-state index in [-0.39, 0.29) is 0 Å². The number of rotatable bonds is 3. The zero-order chi connectivity index (χ0) is 18.4. The maximum absolute atomic E-state index is 4.65. The Labute approximate surface area is 162 Å². The van der Waals surface area contributed by atoms with Gasteiger partial charge in [-0.15, -0.1) is 0 Å². The van der Waals surface area contributed by atoms with Crippen LogP contribution in [-0.2, 0) is 0 Å². The summed E-state index contributed by atoms with van der Waals surface area (Å²) in [6.07, 6.45) is 6.76. The van der Waals surface area contributed by atoms with E-state index in [1.807, 2.05) is 25.1 Å². The molecule has 0 aromatic heterocycles. The van der Waals surface area contributed by atoms with Crippen molar-refractivity contribution >= 4 is 23.1 Å². The third-order valence-electron chi connectivity index (χ3n) is 5.53. The standard InChI is InChI=1S/C24H25NS/c1-3-19-4-10-22(11-5-19)23-12-7-20(8-13-23)6-9-21-14-15-24(25-17-26)16-18(21)2/h7-8,12-16,19,22H,3-5,10-11H2,1-2H3. The van der Waals surface area contributed by atoms with Gasteiger partial charge in [-0.05, 0) is 98.1 Å². The fourth-order valence-corrected chi connectivity index (χ4v) is 3.90. The van der Waals surface area contributed by atoms with Gasteiger partial charge < -0.3 is 0 Å². The van der Waals surface area contributed by atoms with E-state index in [4.69, 9.17) is 0 Å². The van der Waals surface area contributed by atoms with Crippen LogP contribution in [0.1, 0.15) is 67.2 Å². The number of isothiocyanates is 1. The Kier molecular flexibility index (Phi) is 6.40. The summed E-state index contributed by atoms with van der Waals surface area (Å²) in [6.45, 7) is 4.36. The highest BCUT2D eigenvalue weighted by Crippen LogP contribution is 2.36. The van der Waals surface area contributed by atoms with E-state index in [9.17, 15) is 0 Å². The molecule has 1 nitrogen and oxygen atoms in total. The maximum atomic E-state index is 4.65. The summed E-state index contributed by atoms with van der Waals surface area (Å²) >= 11 is 4.65. The summed E-state index contributed by atoms with van der Waals surface area (Å²) in [6, 6.07) is 14.8. The monoisotopic (exact) mass is 359 g/mol. The number of hydrogen-bond acceptors (Lipinski definition) is 2. The van der Waals surface area contributed by atoms with Gasteiger partial charge >= 0.3 is 0 Å². The Bertz CT molecular complexity index is 855. The molecule has 26 heavy (non-hydrogen) atoms. The van der Waals surface area contributed by atoms with Gasteiger partial charge in [-0.1, -0.05) is 37.3 Å². The first-order valence-corrected chi connectivity index (χ1v) is 9.91. The molecule has 0 spiro atoms. The summed E-state index contributed by atoms with van der Waals surface area (Å²) in [5.74, 6) is 8.23. The topological polar surface area (TPSA) is 12.4 Å². The van der Waals surface area contributed by atoms with Crippen LogP contribution in [0.15, 0.2) is 47.5 Å². The predicted molar refractivity (Wildman–Crippen MR) is 113 cm³/mol. The smallest absolute Gasteiger partial charge is 0.0743 e. The Balaban J connectivity index is 1.69. The summed E-state index contributed by atoms with van der Waals surface area (Å²) in [7, 11) is 0. The van der Waals surface area contributed by atoms with E-state index < -0.39 is 0 Å². The van der Waals surface area contributed by atoms with Crippen LogP contribution >= 0.6 is 12.2 Å². The number of hydrogen-bond donors (Lipinski definition) is 0. The van der Waals surface area contributed by atoms with Crippen LogP contribution in [0.5, 0.6) is 0 Å². The van der Waals surface area contributed by atoms with Crippen molar-refractivity contribution in [2.24, 2.45) is 10.9 Å². The predicted octanol–water partition coefficient (Wildman–Crippen LogP) is 6.81. The highest BCUT2D eigenvalue weighted by molar-refractivity contribution is 7.78. The van der Waals surface area contributed by atoms with Crippen molar-refractivity contribution < 1.29 is 0 Å². The van der Waals surface area contributed by atoms with Crippen LogP contribution in [0.2, 0.25) is 0 Å². The van der Waals surface area contributed by atoms with E-state index in [0.29, 0.717) is 0 Å². The first-order valence-electron chi connectivity index (χ1n) is 9.50. The van der Waals surface area contributed by atoms with Crippen molar-refractivity contribution in [3.05, 3.63) is 64.7 Å². The first-order chi connectivity index (χ1) is 12.7. The third kappa shape index (κ3) is 4.70. The van der Waals surface area contributed by atoms with Crippen LogP contribution in [0.4, 0.5) is 5.69 Å². The second-order valence-electron chi connectivity index (χ2n) is 7.20. The Morgan fingerprint density at radius 3 is 2.35 bits per heavy atom. The van der Waals surface area contributed by atoms with Crippen molar-refractivity contribution in [3.63, 3.8) is 0 Å². The minimum absolute atomic E-state index is 0.733. The number of thiocarbonyl (C=S) groups is 1. The van der Waals surface area contributed by atoms with Crippen LogP contribution in [0.3, 0.4) is 0 Å². The third-order valence-corrected chi connectivity index (χ3v) is 5.62. The van der Waals surface area contributed by atoms with Crippen LogP contribution in [0, 0.1) is 24.7 Å². The lowest BCUT2D eigenvalue weighted by Crippen LogP contribution is -2.12. The molecule has 0 N–H and O–H groups in total. The normalized spacial score (nSPS) is 19.2. The molecular formula is C24H25NS. The van der Waals surface area contributed by atoms with E-state index in [1.165, 1.54) is 37.7 Å². The molecule has 2 aromatic carbocycles. The van der Waals surface area contributed by atoms with Gasteiger partial charge in [0.2, 0.25) is 0 Å². The largest absolute Gasteiger partial charge is 0.195 e. The van der Waals surface area contributed by atoms with E-state index >= 15 is 0 Å². The molecular weight excluding hydrogens is 334 g/mol. The highest BCUT2D eigenvalue weighted by atomic mass is 32.1. The van der Waals surface area contributed by atoms with Crippen molar-refractivity contribution in [1.29, 1.82) is 0 Å². The molecule has 0 radical (unpaired) electrons. The molecule has 132 valence electrons. The SMILES string of the molecule is CCC1CCC(c2ccc(C#Cc3ccc(N=C=S)cc3C)cc2)CC1. The van der Waals surface area contributed by atoms with E-state index in [0.717, 1.165) is 34.2 Å². The molecule has 0 atom stereocenters. The second-order valence-corrected chi connectivity index (χ2v) is 7.38. The van der Waals surface area contributed by atoms with Crippen molar-refractivity contribution in [2.45, 2.75) is 51.9 Å². The molecule has 0 saturated heterocycles. The number of aryl methyl sites for hydroxylation is 1. The molecule has 1 saturated carbocycles. The van der Waals surface area contributed by atoms with Gasteiger partial charge in [0.05, 0.1) is 10.8 Å². The lowest BCUT2D eigenvalue weighted by molar-refractivity contribution is 0.319. The molecule has 2 heteroatoms.